The van der Waals surface area contributed by atoms with Crippen LogP contribution in [-0.2, 0) is 4.79 Å². The zero-order valence-electron chi connectivity index (χ0n) is 13.7. The molecule has 0 radical (unpaired) electrons. The molecule has 134 valence electrons. The lowest BCUT2D eigenvalue weighted by Crippen LogP contribution is -2.35. The number of amides is 2. The normalized spacial score (nSPS) is 10.9. The van der Waals surface area contributed by atoms with E-state index >= 15 is 0 Å². The topological polar surface area (TPSA) is 114 Å². The molecule has 0 aliphatic heterocycles. The highest BCUT2D eigenvalue weighted by molar-refractivity contribution is 6.00. The van der Waals surface area contributed by atoms with E-state index in [9.17, 15) is 24.1 Å². The average Bonchev–Trinajstić information content (AvgIpc) is 2.64. The van der Waals surface area contributed by atoms with Crippen LogP contribution >= 0.6 is 0 Å². The predicted octanol–water partition coefficient (Wildman–Crippen LogP) is 2.00. The maximum absolute atomic E-state index is 13.1. The number of nitrogens with one attached hydrogen (secondary N) is 2. The molecule has 0 saturated carbocycles. The van der Waals surface area contributed by atoms with E-state index < -0.39 is 22.6 Å². The highest BCUT2D eigenvalue weighted by atomic mass is 19.1. The summed E-state index contributed by atoms with van der Waals surface area (Å²) in [4.78, 5) is 33.6. The van der Waals surface area contributed by atoms with Gasteiger partial charge in [0.15, 0.2) is 0 Å². The summed E-state index contributed by atoms with van der Waals surface area (Å²) in [5, 5.41) is 16.8. The van der Waals surface area contributed by atoms with Gasteiger partial charge in [-0.25, -0.2) is 9.82 Å². The van der Waals surface area contributed by atoms with E-state index in [1.807, 2.05) is 0 Å². The first-order chi connectivity index (χ1) is 12.4. The summed E-state index contributed by atoms with van der Waals surface area (Å²) >= 11 is 0. The van der Waals surface area contributed by atoms with Crippen molar-refractivity contribution in [1.29, 1.82) is 0 Å². The lowest BCUT2D eigenvalue weighted by molar-refractivity contribution is -0.384. The molecule has 0 aliphatic rings. The number of rotatable bonds is 6. The summed E-state index contributed by atoms with van der Waals surface area (Å²) in [6.07, 6.45) is 0. The van der Waals surface area contributed by atoms with Gasteiger partial charge in [0.1, 0.15) is 5.82 Å². The Morgan fingerprint density at radius 2 is 1.85 bits per heavy atom. The molecular formula is C17H15FN4O4. The SMILES string of the molecule is CC(=NNC(=O)CNC(=O)c1cccc(F)c1)c1ccc([N+](=O)[O-])cc1. The Bertz CT molecular complexity index is 865. The summed E-state index contributed by atoms with van der Waals surface area (Å²) in [7, 11) is 0. The Hall–Kier alpha value is -3.62. The molecule has 0 fully saturated rings. The van der Waals surface area contributed by atoms with Crippen molar-refractivity contribution >= 4 is 23.2 Å². The van der Waals surface area contributed by atoms with E-state index in [0.717, 1.165) is 6.07 Å². The molecule has 2 rings (SSSR count). The van der Waals surface area contributed by atoms with Crippen LogP contribution in [0.25, 0.3) is 0 Å². The van der Waals surface area contributed by atoms with E-state index in [1.54, 1.807) is 6.92 Å². The number of nitro benzene ring substituents is 1. The fraction of sp³-hybridized carbons (Fsp3) is 0.118. The van der Waals surface area contributed by atoms with Crippen LogP contribution in [0.15, 0.2) is 53.6 Å². The van der Waals surface area contributed by atoms with E-state index in [1.165, 1.54) is 42.5 Å². The smallest absolute Gasteiger partial charge is 0.269 e. The molecule has 0 atom stereocenters. The van der Waals surface area contributed by atoms with Crippen LogP contribution in [0.1, 0.15) is 22.8 Å². The molecule has 0 unspecified atom stereocenters. The van der Waals surface area contributed by atoms with Crippen LogP contribution < -0.4 is 10.7 Å². The van der Waals surface area contributed by atoms with Crippen molar-refractivity contribution in [2.45, 2.75) is 6.92 Å². The van der Waals surface area contributed by atoms with Gasteiger partial charge < -0.3 is 5.32 Å². The Morgan fingerprint density at radius 3 is 2.46 bits per heavy atom. The fourth-order valence-corrected chi connectivity index (χ4v) is 1.97. The summed E-state index contributed by atoms with van der Waals surface area (Å²) in [5.41, 5.74) is 3.34. The van der Waals surface area contributed by atoms with Crippen LogP contribution in [-0.4, -0.2) is 29.0 Å². The number of nitro groups is 1. The lowest BCUT2D eigenvalue weighted by atomic mass is 10.1. The minimum atomic E-state index is -0.587. The molecule has 8 nitrogen and oxygen atoms in total. The molecule has 0 saturated heterocycles. The van der Waals surface area contributed by atoms with Crippen molar-refractivity contribution in [3.63, 3.8) is 0 Å². The molecule has 0 heterocycles. The Kier molecular flexibility index (Phi) is 6.10. The van der Waals surface area contributed by atoms with E-state index in [-0.39, 0.29) is 17.8 Å². The minimum Gasteiger partial charge on any atom is -0.343 e. The molecule has 2 N–H and O–H groups in total. The Labute approximate surface area is 147 Å². The van der Waals surface area contributed by atoms with Crippen LogP contribution in [0.4, 0.5) is 10.1 Å². The van der Waals surface area contributed by atoms with Crippen molar-refractivity contribution in [3.05, 3.63) is 75.6 Å². The highest BCUT2D eigenvalue weighted by Crippen LogP contribution is 2.12. The third kappa shape index (κ3) is 5.20. The van der Waals surface area contributed by atoms with Gasteiger partial charge in [-0.1, -0.05) is 6.07 Å². The Balaban J connectivity index is 1.88. The summed E-state index contributed by atoms with van der Waals surface area (Å²) in [6, 6.07) is 10.8. The second kappa shape index (κ2) is 8.47. The molecule has 0 aliphatic carbocycles. The van der Waals surface area contributed by atoms with Gasteiger partial charge in [0, 0.05) is 17.7 Å². The zero-order chi connectivity index (χ0) is 19.1. The van der Waals surface area contributed by atoms with Crippen LogP contribution in [0.5, 0.6) is 0 Å². The number of hydrazone groups is 1. The van der Waals surface area contributed by atoms with Crippen LogP contribution in [0.3, 0.4) is 0 Å². The van der Waals surface area contributed by atoms with Gasteiger partial charge in [-0.3, -0.25) is 19.7 Å². The molecule has 9 heteroatoms. The number of nitrogens with zero attached hydrogens (tertiary/aromatic N) is 2. The predicted molar refractivity (Wildman–Crippen MR) is 92.2 cm³/mol. The third-order valence-electron chi connectivity index (χ3n) is 3.34. The highest BCUT2D eigenvalue weighted by Gasteiger charge is 2.09. The molecule has 2 aromatic carbocycles. The van der Waals surface area contributed by atoms with Gasteiger partial charge in [-0.15, -0.1) is 0 Å². The quantitative estimate of drug-likeness (QED) is 0.467. The second-order valence-electron chi connectivity index (χ2n) is 5.23. The number of halogens is 1. The maximum atomic E-state index is 13.1. The number of carbonyl (C=O) groups is 2. The monoisotopic (exact) mass is 358 g/mol. The first-order valence-electron chi connectivity index (χ1n) is 7.48. The summed E-state index contributed by atoms with van der Waals surface area (Å²) in [6.45, 7) is 1.28. The van der Waals surface area contributed by atoms with Crippen molar-refractivity contribution in [3.8, 4) is 0 Å². The first kappa shape index (κ1) is 18.7. The largest absolute Gasteiger partial charge is 0.343 e. The molecule has 2 amide bonds. The van der Waals surface area contributed by atoms with Crippen molar-refractivity contribution in [1.82, 2.24) is 10.7 Å². The fourth-order valence-electron chi connectivity index (χ4n) is 1.97. The molecule has 0 bridgehead atoms. The van der Waals surface area contributed by atoms with Crippen molar-refractivity contribution < 1.29 is 18.9 Å². The van der Waals surface area contributed by atoms with Crippen LogP contribution in [0, 0.1) is 15.9 Å². The number of benzene rings is 2. The number of hydrogen-bond acceptors (Lipinski definition) is 5. The lowest BCUT2D eigenvalue weighted by Gasteiger charge is -2.05. The van der Waals surface area contributed by atoms with Crippen molar-refractivity contribution in [2.75, 3.05) is 6.54 Å². The van der Waals surface area contributed by atoms with Crippen LogP contribution in [0.2, 0.25) is 0 Å². The van der Waals surface area contributed by atoms with Gasteiger partial charge in [0.25, 0.3) is 17.5 Å². The number of carbonyl (C=O) groups excluding carboxylic acids is 2. The average molecular weight is 358 g/mol. The second-order valence-corrected chi connectivity index (χ2v) is 5.23. The summed E-state index contributed by atoms with van der Waals surface area (Å²) < 4.78 is 13.1. The van der Waals surface area contributed by atoms with E-state index in [2.05, 4.69) is 15.8 Å². The number of non-ortho nitro benzene ring substituents is 1. The number of hydrogen-bond donors (Lipinski definition) is 2. The molecule has 0 aromatic heterocycles. The van der Waals surface area contributed by atoms with Gasteiger partial charge >= 0.3 is 0 Å². The standard InChI is InChI=1S/C17H15FN4O4/c1-11(12-5-7-15(8-6-12)22(25)26)20-21-16(23)10-19-17(24)13-3-2-4-14(18)9-13/h2-9H,10H2,1H3,(H,19,24)(H,21,23). The molecule has 2 aromatic rings. The molecule has 26 heavy (non-hydrogen) atoms. The summed E-state index contributed by atoms with van der Waals surface area (Å²) in [5.74, 6) is -1.71. The van der Waals surface area contributed by atoms with E-state index in [0.29, 0.717) is 11.3 Å². The van der Waals surface area contributed by atoms with Gasteiger partial charge in [-0.2, -0.15) is 5.10 Å². The van der Waals surface area contributed by atoms with Gasteiger partial charge in [0.05, 0.1) is 17.2 Å². The van der Waals surface area contributed by atoms with Gasteiger partial charge in [0.2, 0.25) is 0 Å². The Morgan fingerprint density at radius 1 is 1.15 bits per heavy atom. The first-order valence-corrected chi connectivity index (χ1v) is 7.48. The third-order valence-corrected chi connectivity index (χ3v) is 3.34. The molecular weight excluding hydrogens is 343 g/mol. The zero-order valence-corrected chi connectivity index (χ0v) is 13.7. The van der Waals surface area contributed by atoms with Gasteiger partial charge in [-0.05, 0) is 42.8 Å². The maximum Gasteiger partial charge on any atom is 0.269 e. The van der Waals surface area contributed by atoms with Crippen molar-refractivity contribution in [2.24, 2.45) is 5.10 Å². The minimum absolute atomic E-state index is 0.0503. The molecule has 0 spiro atoms. The van der Waals surface area contributed by atoms with E-state index in [4.69, 9.17) is 0 Å².